The van der Waals surface area contributed by atoms with Crippen molar-refractivity contribution in [3.05, 3.63) is 30.1 Å². The van der Waals surface area contributed by atoms with Crippen LogP contribution < -0.4 is 10.6 Å². The van der Waals surface area contributed by atoms with Crippen molar-refractivity contribution in [3.8, 4) is 0 Å². The van der Waals surface area contributed by atoms with Crippen LogP contribution in [0.5, 0.6) is 0 Å². The summed E-state index contributed by atoms with van der Waals surface area (Å²) in [4.78, 5) is 37.3. The maximum absolute atomic E-state index is 12.5. The molecule has 0 bridgehead atoms. The number of aromatic nitrogens is 1. The molecule has 1 aromatic rings. The molecule has 2 N–H and O–H groups in total. The van der Waals surface area contributed by atoms with Gasteiger partial charge in [0.25, 0.3) is 0 Å². The number of hydrogen-bond donors (Lipinski definition) is 2. The van der Waals surface area contributed by atoms with E-state index in [9.17, 15) is 9.59 Å². The third kappa shape index (κ3) is 11.7. The van der Waals surface area contributed by atoms with Gasteiger partial charge in [0, 0.05) is 58.3 Å². The Labute approximate surface area is 216 Å². The first-order valence-corrected chi connectivity index (χ1v) is 12.0. The lowest BCUT2D eigenvalue weighted by molar-refractivity contribution is -0.140. The molecule has 8 nitrogen and oxygen atoms in total. The van der Waals surface area contributed by atoms with Gasteiger partial charge in [-0.25, -0.2) is 4.99 Å². The van der Waals surface area contributed by atoms with Crippen LogP contribution in [0.15, 0.2) is 29.4 Å². The van der Waals surface area contributed by atoms with Crippen LogP contribution in [0.4, 0.5) is 0 Å². The van der Waals surface area contributed by atoms with Gasteiger partial charge in [-0.15, -0.1) is 24.0 Å². The van der Waals surface area contributed by atoms with Gasteiger partial charge in [-0.2, -0.15) is 0 Å². The number of carbonyl (C=O) groups is 2. The first-order valence-electron chi connectivity index (χ1n) is 12.0. The van der Waals surface area contributed by atoms with Gasteiger partial charge in [0.1, 0.15) is 0 Å². The van der Waals surface area contributed by atoms with Crippen LogP contribution in [-0.4, -0.2) is 71.8 Å². The minimum Gasteiger partial charge on any atom is -0.357 e. The van der Waals surface area contributed by atoms with E-state index in [1.165, 1.54) is 0 Å². The summed E-state index contributed by atoms with van der Waals surface area (Å²) in [6, 6.07) is 5.83. The van der Waals surface area contributed by atoms with Crippen LogP contribution in [0.25, 0.3) is 0 Å². The fraction of sp³-hybridized carbons (Fsp3) is 0.667. The first kappa shape index (κ1) is 29.1. The summed E-state index contributed by atoms with van der Waals surface area (Å²) in [5.74, 6) is 1.58. The Bertz CT molecular complexity index is 721. The summed E-state index contributed by atoms with van der Waals surface area (Å²) < 4.78 is 0. The third-order valence-corrected chi connectivity index (χ3v) is 5.40. The van der Waals surface area contributed by atoms with Crippen molar-refractivity contribution in [1.82, 2.24) is 25.4 Å². The summed E-state index contributed by atoms with van der Waals surface area (Å²) in [6.45, 7) is 11.0. The van der Waals surface area contributed by atoms with Gasteiger partial charge in [-0.05, 0) is 37.8 Å². The van der Waals surface area contributed by atoms with Crippen molar-refractivity contribution in [1.29, 1.82) is 0 Å². The maximum atomic E-state index is 12.5. The van der Waals surface area contributed by atoms with E-state index in [4.69, 9.17) is 0 Å². The molecular weight excluding hydrogens is 531 g/mol. The number of pyridine rings is 1. The second kappa shape index (κ2) is 16.7. The molecule has 0 aliphatic carbocycles. The molecule has 1 aliphatic heterocycles. The number of rotatable bonds is 11. The molecule has 0 atom stereocenters. The molecule has 186 valence electrons. The number of carbonyl (C=O) groups excluding carboxylic acids is 2. The van der Waals surface area contributed by atoms with Gasteiger partial charge in [-0.1, -0.05) is 26.3 Å². The molecule has 2 amide bonds. The summed E-state index contributed by atoms with van der Waals surface area (Å²) in [5.41, 5.74) is 0.938. The number of guanidine groups is 1. The molecule has 1 saturated heterocycles. The van der Waals surface area contributed by atoms with Crippen molar-refractivity contribution in [2.75, 3.05) is 39.3 Å². The largest absolute Gasteiger partial charge is 0.357 e. The van der Waals surface area contributed by atoms with Crippen molar-refractivity contribution in [3.63, 3.8) is 0 Å². The number of nitrogens with one attached hydrogen (secondary N) is 2. The van der Waals surface area contributed by atoms with Crippen molar-refractivity contribution in [2.24, 2.45) is 10.9 Å². The van der Waals surface area contributed by atoms with Gasteiger partial charge in [-0.3, -0.25) is 14.6 Å². The number of halogens is 1. The second-order valence-electron chi connectivity index (χ2n) is 8.61. The minimum absolute atomic E-state index is 0. The number of hydrogen-bond acceptors (Lipinski definition) is 4. The monoisotopic (exact) mass is 572 g/mol. The lowest BCUT2D eigenvalue weighted by Crippen LogP contribution is -2.50. The predicted molar refractivity (Wildman–Crippen MR) is 144 cm³/mol. The molecule has 1 aromatic heterocycles. The number of amides is 2. The molecule has 0 radical (unpaired) electrons. The number of piperazine rings is 1. The Morgan fingerprint density at radius 2 is 1.73 bits per heavy atom. The summed E-state index contributed by atoms with van der Waals surface area (Å²) in [5, 5.41) is 6.60. The van der Waals surface area contributed by atoms with Crippen molar-refractivity contribution in [2.45, 2.75) is 59.4 Å². The smallest absolute Gasteiger partial charge is 0.222 e. The van der Waals surface area contributed by atoms with Crippen molar-refractivity contribution < 1.29 is 9.59 Å². The molecular formula is C24H41IN6O2. The average molecular weight is 573 g/mol. The Morgan fingerprint density at radius 1 is 1.03 bits per heavy atom. The molecule has 2 heterocycles. The van der Waals surface area contributed by atoms with E-state index in [2.05, 4.69) is 34.5 Å². The van der Waals surface area contributed by atoms with Gasteiger partial charge in [0.15, 0.2) is 5.96 Å². The van der Waals surface area contributed by atoms with E-state index >= 15 is 0 Å². The van der Waals surface area contributed by atoms with Crippen molar-refractivity contribution >= 4 is 41.8 Å². The standard InChI is InChI=1S/C24H40N6O2.HI/c1-4-25-24(28-19-21-10-7-9-12-26-21)27-13-8-5-6-11-22(31)29-14-16-30(17-15-29)23(32)18-20(2)3;/h7,9-10,12,20H,4-6,8,11,13-19H2,1-3H3,(H2,25,27,28);1H. The van der Waals surface area contributed by atoms with Gasteiger partial charge >= 0.3 is 0 Å². The SMILES string of the molecule is CCNC(=NCc1ccccn1)NCCCCCC(=O)N1CCN(C(=O)CC(C)C)CC1.I. The van der Waals surface area contributed by atoms with Gasteiger partial charge in [0.05, 0.1) is 12.2 Å². The highest BCUT2D eigenvalue weighted by Crippen LogP contribution is 2.10. The highest BCUT2D eigenvalue weighted by Gasteiger charge is 2.23. The molecule has 1 aliphatic rings. The molecule has 0 unspecified atom stereocenters. The van der Waals surface area contributed by atoms with Crippen LogP contribution in [0, 0.1) is 5.92 Å². The van der Waals surface area contributed by atoms with E-state index < -0.39 is 0 Å². The van der Waals surface area contributed by atoms with E-state index in [0.717, 1.165) is 44.0 Å². The molecule has 9 heteroatoms. The summed E-state index contributed by atoms with van der Waals surface area (Å²) in [6.07, 6.45) is 5.80. The van der Waals surface area contributed by atoms with Crippen LogP contribution in [0.2, 0.25) is 0 Å². The van der Waals surface area contributed by atoms with Gasteiger partial charge in [0.2, 0.25) is 11.8 Å². The Balaban J connectivity index is 0.00000544. The summed E-state index contributed by atoms with van der Waals surface area (Å²) >= 11 is 0. The molecule has 0 spiro atoms. The van der Waals surface area contributed by atoms with E-state index in [-0.39, 0.29) is 35.8 Å². The molecule has 33 heavy (non-hydrogen) atoms. The fourth-order valence-corrected chi connectivity index (χ4v) is 3.62. The Morgan fingerprint density at radius 3 is 2.33 bits per heavy atom. The predicted octanol–water partition coefficient (Wildman–Crippen LogP) is 3.03. The van der Waals surface area contributed by atoms with Crippen LogP contribution in [0.3, 0.4) is 0 Å². The Hall–Kier alpha value is -1.91. The highest BCUT2D eigenvalue weighted by atomic mass is 127. The third-order valence-electron chi connectivity index (χ3n) is 5.40. The van der Waals surface area contributed by atoms with E-state index in [0.29, 0.717) is 51.5 Å². The zero-order chi connectivity index (χ0) is 23.2. The first-order chi connectivity index (χ1) is 15.5. The van der Waals surface area contributed by atoms with E-state index in [1.54, 1.807) is 6.20 Å². The zero-order valence-electron chi connectivity index (χ0n) is 20.4. The zero-order valence-corrected chi connectivity index (χ0v) is 22.7. The number of nitrogens with zero attached hydrogens (tertiary/aromatic N) is 4. The summed E-state index contributed by atoms with van der Waals surface area (Å²) in [7, 11) is 0. The fourth-order valence-electron chi connectivity index (χ4n) is 3.62. The molecule has 0 saturated carbocycles. The van der Waals surface area contributed by atoms with Crippen LogP contribution in [-0.2, 0) is 16.1 Å². The Kier molecular flexibility index (Phi) is 14.7. The number of aliphatic imine (C=N–C) groups is 1. The lowest BCUT2D eigenvalue weighted by atomic mass is 10.1. The topological polar surface area (TPSA) is 89.9 Å². The van der Waals surface area contributed by atoms with Gasteiger partial charge < -0.3 is 20.4 Å². The molecule has 2 rings (SSSR count). The lowest BCUT2D eigenvalue weighted by Gasteiger charge is -2.35. The second-order valence-corrected chi connectivity index (χ2v) is 8.61. The molecule has 0 aromatic carbocycles. The quantitative estimate of drug-likeness (QED) is 0.184. The number of unbranched alkanes of at least 4 members (excludes halogenated alkanes) is 2. The molecule has 1 fully saturated rings. The van der Waals surface area contributed by atoms with Crippen LogP contribution >= 0.6 is 24.0 Å². The minimum atomic E-state index is 0. The van der Waals surface area contributed by atoms with E-state index in [1.807, 2.05) is 34.9 Å². The highest BCUT2D eigenvalue weighted by molar-refractivity contribution is 14.0. The maximum Gasteiger partial charge on any atom is 0.222 e. The van der Waals surface area contributed by atoms with Crippen LogP contribution in [0.1, 0.15) is 58.6 Å². The normalized spacial score (nSPS) is 14.1. The average Bonchev–Trinajstić information content (AvgIpc) is 2.79.